The fraction of sp³-hybridized carbons (Fsp3) is 0.381. The molecule has 0 N–H and O–H groups in total. The lowest BCUT2D eigenvalue weighted by Crippen LogP contribution is -2.45. The molecule has 3 rings (SSSR count). The van der Waals surface area contributed by atoms with Gasteiger partial charge in [0.2, 0.25) is 0 Å². The van der Waals surface area contributed by atoms with Gasteiger partial charge < -0.3 is 14.4 Å². The minimum absolute atomic E-state index is 0.0669. The predicted octanol–water partition coefficient (Wildman–Crippen LogP) is 3.95. The number of carbonyl (C=O) groups excluding carboxylic acids is 1. The molecule has 0 saturated carbocycles. The quantitative estimate of drug-likeness (QED) is 0.850. The molecule has 0 atom stereocenters. The van der Waals surface area contributed by atoms with Gasteiger partial charge in [-0.3, -0.25) is 4.79 Å². The maximum atomic E-state index is 13.0. The molecule has 1 aliphatic heterocycles. The Morgan fingerprint density at radius 3 is 2.40 bits per heavy atom. The third-order valence-corrected chi connectivity index (χ3v) is 4.84. The van der Waals surface area contributed by atoms with E-state index < -0.39 is 0 Å². The summed E-state index contributed by atoms with van der Waals surface area (Å²) >= 11 is 0. The summed E-state index contributed by atoms with van der Waals surface area (Å²) in [6, 6.07) is 11.8. The maximum absolute atomic E-state index is 13.0. The molecule has 0 fully saturated rings. The van der Waals surface area contributed by atoms with Gasteiger partial charge >= 0.3 is 0 Å². The second-order valence-electron chi connectivity index (χ2n) is 7.28. The van der Waals surface area contributed by atoms with E-state index >= 15 is 0 Å². The largest absolute Gasteiger partial charge is 0.493 e. The summed E-state index contributed by atoms with van der Waals surface area (Å²) in [4.78, 5) is 14.9. The molecule has 1 aliphatic rings. The van der Waals surface area contributed by atoms with Crippen molar-refractivity contribution in [3.05, 3.63) is 58.7 Å². The van der Waals surface area contributed by atoms with Crippen molar-refractivity contribution in [3.63, 3.8) is 0 Å². The Hall–Kier alpha value is -2.49. The highest BCUT2D eigenvalue weighted by atomic mass is 16.5. The Balaban J connectivity index is 1.99. The van der Waals surface area contributed by atoms with Gasteiger partial charge in [0.05, 0.1) is 14.2 Å². The number of fused-ring (bicyclic) bond motifs is 1. The van der Waals surface area contributed by atoms with E-state index in [1.54, 1.807) is 14.2 Å². The first-order chi connectivity index (χ1) is 11.9. The first kappa shape index (κ1) is 17.3. The molecule has 0 bridgehead atoms. The van der Waals surface area contributed by atoms with Gasteiger partial charge in [-0.05, 0) is 42.3 Å². The number of nitrogens with zero attached hydrogens (tertiary/aromatic N) is 1. The number of hydrogen-bond donors (Lipinski definition) is 0. The molecule has 2 aromatic carbocycles. The standard InChI is InChI=1S/C21H25NO3/c1-14-7-6-8-15(9-14)20(23)22-12-16-10-18(24-4)19(25-5)11-17(16)21(2,3)13-22/h6-11H,12-13H2,1-5H3. The fourth-order valence-corrected chi connectivity index (χ4v) is 3.61. The normalized spacial score (nSPS) is 15.5. The van der Waals surface area contributed by atoms with Crippen LogP contribution in [-0.2, 0) is 12.0 Å². The van der Waals surface area contributed by atoms with Gasteiger partial charge in [0.25, 0.3) is 5.91 Å². The Morgan fingerprint density at radius 1 is 1.08 bits per heavy atom. The monoisotopic (exact) mass is 339 g/mol. The summed E-state index contributed by atoms with van der Waals surface area (Å²) < 4.78 is 10.9. The van der Waals surface area contributed by atoms with Crippen molar-refractivity contribution < 1.29 is 14.3 Å². The first-order valence-electron chi connectivity index (χ1n) is 8.47. The van der Waals surface area contributed by atoms with Gasteiger partial charge in [0.15, 0.2) is 11.5 Å². The Bertz CT molecular complexity index is 811. The van der Waals surface area contributed by atoms with Crippen LogP contribution in [0, 0.1) is 6.92 Å². The first-order valence-corrected chi connectivity index (χ1v) is 8.47. The number of methoxy groups -OCH3 is 2. The molecular formula is C21H25NO3. The number of rotatable bonds is 3. The van der Waals surface area contributed by atoms with Crippen LogP contribution in [0.25, 0.3) is 0 Å². The van der Waals surface area contributed by atoms with Crippen LogP contribution >= 0.6 is 0 Å². The predicted molar refractivity (Wildman–Crippen MR) is 98.5 cm³/mol. The zero-order chi connectivity index (χ0) is 18.2. The molecule has 0 spiro atoms. The maximum Gasteiger partial charge on any atom is 0.254 e. The number of amides is 1. The van der Waals surface area contributed by atoms with E-state index in [2.05, 4.69) is 13.8 Å². The highest BCUT2D eigenvalue weighted by Gasteiger charge is 2.35. The van der Waals surface area contributed by atoms with Crippen LogP contribution in [0.1, 0.15) is 40.9 Å². The molecule has 0 aliphatic carbocycles. The second-order valence-corrected chi connectivity index (χ2v) is 7.28. The van der Waals surface area contributed by atoms with Gasteiger partial charge in [-0.15, -0.1) is 0 Å². The molecule has 2 aromatic rings. The molecular weight excluding hydrogens is 314 g/mol. The van der Waals surface area contributed by atoms with Crippen LogP contribution in [0.15, 0.2) is 36.4 Å². The SMILES string of the molecule is COc1cc2c(cc1OC)C(C)(C)CN(C(=O)c1cccc(C)c1)C2. The fourth-order valence-electron chi connectivity index (χ4n) is 3.61. The van der Waals surface area contributed by atoms with Crippen LogP contribution < -0.4 is 9.47 Å². The van der Waals surface area contributed by atoms with Crippen molar-refractivity contribution in [2.45, 2.75) is 32.7 Å². The van der Waals surface area contributed by atoms with Gasteiger partial charge in [-0.1, -0.05) is 31.5 Å². The van der Waals surface area contributed by atoms with Crippen LogP contribution in [-0.4, -0.2) is 31.6 Å². The van der Waals surface area contributed by atoms with Crippen molar-refractivity contribution in [3.8, 4) is 11.5 Å². The van der Waals surface area contributed by atoms with E-state index in [4.69, 9.17) is 9.47 Å². The van der Waals surface area contributed by atoms with Crippen molar-refractivity contribution >= 4 is 5.91 Å². The number of aryl methyl sites for hydroxylation is 1. The summed E-state index contributed by atoms with van der Waals surface area (Å²) in [5.74, 6) is 1.49. The molecule has 25 heavy (non-hydrogen) atoms. The minimum Gasteiger partial charge on any atom is -0.493 e. The number of ether oxygens (including phenoxy) is 2. The van der Waals surface area contributed by atoms with E-state index in [1.165, 1.54) is 5.56 Å². The third kappa shape index (κ3) is 3.21. The van der Waals surface area contributed by atoms with Crippen molar-refractivity contribution in [2.24, 2.45) is 0 Å². The van der Waals surface area contributed by atoms with Crippen LogP contribution in [0.2, 0.25) is 0 Å². The van der Waals surface area contributed by atoms with E-state index in [0.717, 1.165) is 22.4 Å². The van der Waals surface area contributed by atoms with Gasteiger partial charge in [0, 0.05) is 24.1 Å². The van der Waals surface area contributed by atoms with Crippen molar-refractivity contribution in [1.82, 2.24) is 4.90 Å². The molecule has 132 valence electrons. The highest BCUT2D eigenvalue weighted by molar-refractivity contribution is 5.94. The molecule has 0 aromatic heterocycles. The topological polar surface area (TPSA) is 38.8 Å². The zero-order valence-electron chi connectivity index (χ0n) is 15.6. The molecule has 4 nitrogen and oxygen atoms in total. The molecule has 0 unspecified atom stereocenters. The lowest BCUT2D eigenvalue weighted by molar-refractivity contribution is 0.0685. The summed E-state index contributed by atoms with van der Waals surface area (Å²) in [6.45, 7) is 7.57. The van der Waals surface area contributed by atoms with Crippen LogP contribution in [0.5, 0.6) is 11.5 Å². The average Bonchev–Trinajstić information content (AvgIpc) is 2.59. The molecule has 1 amide bonds. The lowest BCUT2D eigenvalue weighted by Gasteiger charge is -2.40. The molecule has 0 radical (unpaired) electrons. The molecule has 4 heteroatoms. The molecule has 1 heterocycles. The molecule has 0 saturated heterocycles. The van der Waals surface area contributed by atoms with Gasteiger partial charge in [-0.25, -0.2) is 0 Å². The van der Waals surface area contributed by atoms with Crippen LogP contribution in [0.4, 0.5) is 0 Å². The Kier molecular flexibility index (Phi) is 4.46. The van der Waals surface area contributed by atoms with E-state index in [1.807, 2.05) is 48.2 Å². The summed E-state index contributed by atoms with van der Waals surface area (Å²) in [5, 5.41) is 0. The number of hydrogen-bond acceptors (Lipinski definition) is 3. The van der Waals surface area contributed by atoms with Crippen molar-refractivity contribution in [2.75, 3.05) is 20.8 Å². The minimum atomic E-state index is -0.160. The highest BCUT2D eigenvalue weighted by Crippen LogP contribution is 2.40. The Labute approximate surface area is 149 Å². The van der Waals surface area contributed by atoms with E-state index in [-0.39, 0.29) is 11.3 Å². The van der Waals surface area contributed by atoms with Crippen LogP contribution in [0.3, 0.4) is 0 Å². The zero-order valence-corrected chi connectivity index (χ0v) is 15.6. The van der Waals surface area contributed by atoms with Crippen molar-refractivity contribution in [1.29, 1.82) is 0 Å². The Morgan fingerprint density at radius 2 is 1.76 bits per heavy atom. The summed E-state index contributed by atoms with van der Waals surface area (Å²) in [7, 11) is 3.28. The number of benzene rings is 2. The average molecular weight is 339 g/mol. The smallest absolute Gasteiger partial charge is 0.254 e. The van der Waals surface area contributed by atoms with E-state index in [0.29, 0.717) is 18.8 Å². The van der Waals surface area contributed by atoms with Gasteiger partial charge in [-0.2, -0.15) is 0 Å². The number of carbonyl (C=O) groups is 1. The second kappa shape index (κ2) is 6.43. The third-order valence-electron chi connectivity index (χ3n) is 4.84. The summed E-state index contributed by atoms with van der Waals surface area (Å²) in [5.41, 5.74) is 3.98. The lowest BCUT2D eigenvalue weighted by atomic mass is 9.78. The van der Waals surface area contributed by atoms with E-state index in [9.17, 15) is 4.79 Å². The van der Waals surface area contributed by atoms with Gasteiger partial charge in [0.1, 0.15) is 0 Å². The summed E-state index contributed by atoms with van der Waals surface area (Å²) in [6.07, 6.45) is 0.